The first-order chi connectivity index (χ1) is 29.3. The van der Waals surface area contributed by atoms with Crippen molar-refractivity contribution < 1.29 is 0 Å². The lowest BCUT2D eigenvalue weighted by Gasteiger charge is -2.23. The van der Waals surface area contributed by atoms with Crippen molar-refractivity contribution in [2.45, 2.75) is 38.5 Å². The lowest BCUT2D eigenvalue weighted by atomic mass is 9.80. The summed E-state index contributed by atoms with van der Waals surface area (Å²) in [5.74, 6) is 0. The van der Waals surface area contributed by atoms with Gasteiger partial charge < -0.3 is 0 Å². The predicted molar refractivity (Wildman–Crippen MR) is 256 cm³/mol. The fourth-order valence-electron chi connectivity index (χ4n) is 11.0. The zero-order valence-electron chi connectivity index (χ0n) is 34.5. The zero-order chi connectivity index (χ0) is 40.3. The molecule has 0 spiro atoms. The molecule has 0 saturated carbocycles. The Morgan fingerprint density at radius 2 is 0.767 bits per heavy atom. The maximum atomic E-state index is 2.50. The molecule has 12 rings (SSSR count). The number of rotatable bonds is 4. The van der Waals surface area contributed by atoms with Gasteiger partial charge in [0.15, 0.2) is 0 Å². The van der Waals surface area contributed by atoms with E-state index >= 15 is 0 Å². The van der Waals surface area contributed by atoms with Crippen LogP contribution in [0.25, 0.3) is 99.1 Å². The molecule has 10 aromatic rings. The Morgan fingerprint density at radius 1 is 0.250 bits per heavy atom. The number of hydrogen-bond donors (Lipinski definition) is 0. The summed E-state index contributed by atoms with van der Waals surface area (Å²) in [5.41, 5.74) is 20.8. The third-order valence-electron chi connectivity index (χ3n) is 14.1. The van der Waals surface area contributed by atoms with E-state index in [1.54, 1.807) is 0 Å². The fourth-order valence-corrected chi connectivity index (χ4v) is 11.0. The van der Waals surface area contributed by atoms with Crippen molar-refractivity contribution >= 4 is 32.3 Å². The van der Waals surface area contributed by atoms with E-state index in [1.807, 2.05) is 0 Å². The van der Waals surface area contributed by atoms with E-state index in [4.69, 9.17) is 0 Å². The van der Waals surface area contributed by atoms with Gasteiger partial charge in [-0.05, 0) is 146 Å². The van der Waals surface area contributed by atoms with Gasteiger partial charge in [0, 0.05) is 10.8 Å². The maximum absolute atomic E-state index is 2.50. The van der Waals surface area contributed by atoms with Crippen LogP contribution >= 0.6 is 0 Å². The SMILES string of the molecule is CC1(C)c2ccccc2-c2ccc(-c3ccc4c(-c5cccc(-c6ccc7ccccc7c6)c5)c5ccccc5c(-c5cccc6c5-c5ccccc5C6(C)C)c4c3)cc21. The van der Waals surface area contributed by atoms with Crippen LogP contribution in [-0.4, -0.2) is 0 Å². The molecule has 10 aromatic carbocycles. The van der Waals surface area contributed by atoms with Crippen molar-refractivity contribution in [3.8, 4) is 66.8 Å². The quantitative estimate of drug-likeness (QED) is 0.157. The molecule has 0 unspecified atom stereocenters. The van der Waals surface area contributed by atoms with Crippen LogP contribution in [-0.2, 0) is 10.8 Å². The highest BCUT2D eigenvalue weighted by atomic mass is 14.4. The first kappa shape index (κ1) is 35.0. The molecule has 0 N–H and O–H groups in total. The van der Waals surface area contributed by atoms with Gasteiger partial charge in [0.2, 0.25) is 0 Å². The van der Waals surface area contributed by atoms with Crippen molar-refractivity contribution in [1.82, 2.24) is 0 Å². The third-order valence-corrected chi connectivity index (χ3v) is 14.1. The Morgan fingerprint density at radius 3 is 1.60 bits per heavy atom. The minimum Gasteiger partial charge on any atom is -0.0619 e. The van der Waals surface area contributed by atoms with E-state index in [0.29, 0.717) is 0 Å². The van der Waals surface area contributed by atoms with Crippen LogP contribution in [0.5, 0.6) is 0 Å². The molecule has 0 fully saturated rings. The Labute approximate surface area is 352 Å². The van der Waals surface area contributed by atoms with Gasteiger partial charge in [0.25, 0.3) is 0 Å². The Balaban J connectivity index is 1.14. The number of benzene rings is 10. The summed E-state index contributed by atoms with van der Waals surface area (Å²) >= 11 is 0. The molecule has 0 aromatic heterocycles. The second-order valence-corrected chi connectivity index (χ2v) is 18.0. The molecule has 2 aliphatic rings. The van der Waals surface area contributed by atoms with Crippen molar-refractivity contribution in [2.24, 2.45) is 0 Å². The normalized spacial score (nSPS) is 14.3. The minimum absolute atomic E-state index is 0.0752. The fraction of sp³-hybridized carbons (Fsp3) is 0.100. The molecule has 0 atom stereocenters. The van der Waals surface area contributed by atoms with E-state index in [-0.39, 0.29) is 10.8 Å². The van der Waals surface area contributed by atoms with Crippen LogP contribution in [0.3, 0.4) is 0 Å². The summed E-state index contributed by atoms with van der Waals surface area (Å²) < 4.78 is 0. The van der Waals surface area contributed by atoms with Crippen LogP contribution in [0.1, 0.15) is 49.9 Å². The van der Waals surface area contributed by atoms with Crippen molar-refractivity contribution in [3.63, 3.8) is 0 Å². The van der Waals surface area contributed by atoms with Gasteiger partial charge in [-0.25, -0.2) is 0 Å². The summed E-state index contributed by atoms with van der Waals surface area (Å²) in [5, 5.41) is 7.59. The monoisotopic (exact) mass is 764 g/mol. The van der Waals surface area contributed by atoms with Crippen LogP contribution < -0.4 is 0 Å². The Bertz CT molecular complexity index is 3430. The topological polar surface area (TPSA) is 0 Å². The molecule has 0 aliphatic heterocycles. The number of hydrogen-bond acceptors (Lipinski definition) is 0. The second kappa shape index (κ2) is 12.7. The molecule has 0 heteroatoms. The van der Waals surface area contributed by atoms with Gasteiger partial charge >= 0.3 is 0 Å². The molecule has 0 saturated heterocycles. The molecule has 0 amide bonds. The summed E-state index contributed by atoms with van der Waals surface area (Å²) in [6.07, 6.45) is 0. The summed E-state index contributed by atoms with van der Waals surface area (Å²) in [7, 11) is 0. The highest BCUT2D eigenvalue weighted by Gasteiger charge is 2.38. The Hall–Kier alpha value is -7.02. The van der Waals surface area contributed by atoms with E-state index in [9.17, 15) is 0 Å². The van der Waals surface area contributed by atoms with E-state index in [1.165, 1.54) is 121 Å². The van der Waals surface area contributed by atoms with Crippen molar-refractivity contribution in [3.05, 3.63) is 216 Å². The van der Waals surface area contributed by atoms with Gasteiger partial charge in [-0.2, -0.15) is 0 Å². The molecule has 284 valence electrons. The standard InChI is InChI=1S/C60H44/c1-59(2)53-25-12-10-22-49(53)58-50(23-14-26-54(58)59)57-47-21-8-7-20-46(47)56(43-18-13-17-39(34-43)40-28-27-37-15-5-6-16-38(37)33-40)48-32-30-41(35-51(48)57)42-29-31-45-44-19-9-11-24-52(44)60(3,4)55(45)36-42/h5-36H,1-4H3. The summed E-state index contributed by atoms with van der Waals surface area (Å²) in [6, 6.07) is 73.2. The van der Waals surface area contributed by atoms with Crippen LogP contribution in [0.2, 0.25) is 0 Å². The smallest absolute Gasteiger partial charge is 0.0159 e. The van der Waals surface area contributed by atoms with Crippen LogP contribution in [0.4, 0.5) is 0 Å². The van der Waals surface area contributed by atoms with Gasteiger partial charge in [0.05, 0.1) is 0 Å². The summed E-state index contributed by atoms with van der Waals surface area (Å²) in [6.45, 7) is 9.52. The van der Waals surface area contributed by atoms with Crippen LogP contribution in [0, 0.1) is 0 Å². The van der Waals surface area contributed by atoms with Crippen LogP contribution in [0.15, 0.2) is 194 Å². The first-order valence-electron chi connectivity index (χ1n) is 21.3. The minimum atomic E-state index is -0.101. The average Bonchev–Trinajstić information content (AvgIpc) is 3.67. The average molecular weight is 765 g/mol. The molecule has 0 heterocycles. The third kappa shape index (κ3) is 4.98. The van der Waals surface area contributed by atoms with Gasteiger partial charge in [-0.3, -0.25) is 0 Å². The van der Waals surface area contributed by atoms with Gasteiger partial charge in [0.1, 0.15) is 0 Å². The van der Waals surface area contributed by atoms with E-state index in [0.717, 1.165) is 0 Å². The maximum Gasteiger partial charge on any atom is 0.0159 e. The lowest BCUT2D eigenvalue weighted by molar-refractivity contribution is 0.660. The highest BCUT2D eigenvalue weighted by Crippen LogP contribution is 2.55. The molecule has 60 heavy (non-hydrogen) atoms. The van der Waals surface area contributed by atoms with Crippen molar-refractivity contribution in [2.75, 3.05) is 0 Å². The molecule has 0 nitrogen and oxygen atoms in total. The molecule has 2 aliphatic carbocycles. The van der Waals surface area contributed by atoms with Gasteiger partial charge in [-0.15, -0.1) is 0 Å². The lowest BCUT2D eigenvalue weighted by Crippen LogP contribution is -2.14. The summed E-state index contributed by atoms with van der Waals surface area (Å²) in [4.78, 5) is 0. The van der Waals surface area contributed by atoms with E-state index in [2.05, 4.69) is 222 Å². The molecule has 0 bridgehead atoms. The van der Waals surface area contributed by atoms with E-state index < -0.39 is 0 Å². The zero-order valence-corrected chi connectivity index (χ0v) is 34.5. The molecule has 0 radical (unpaired) electrons. The second-order valence-electron chi connectivity index (χ2n) is 18.0. The molecular weight excluding hydrogens is 721 g/mol. The van der Waals surface area contributed by atoms with Crippen molar-refractivity contribution in [1.29, 1.82) is 0 Å². The number of fused-ring (bicyclic) bond motifs is 9. The Kier molecular flexibility index (Phi) is 7.42. The van der Waals surface area contributed by atoms with Gasteiger partial charge in [-0.1, -0.05) is 198 Å². The predicted octanol–water partition coefficient (Wildman–Crippen LogP) is 16.4. The molecular formula is C60H44. The highest BCUT2D eigenvalue weighted by molar-refractivity contribution is 6.23. The first-order valence-corrected chi connectivity index (χ1v) is 21.3. The largest absolute Gasteiger partial charge is 0.0619 e.